The number of unbranched alkanes of at least 4 members (excludes halogenated alkanes) is 2. The number of aliphatic hydroxyl groups excluding tert-OH is 1. The van der Waals surface area contributed by atoms with Gasteiger partial charge in [0.2, 0.25) is 17.7 Å². The minimum absolute atomic E-state index is 0.0182. The van der Waals surface area contributed by atoms with Crippen LogP contribution in [0.15, 0.2) is 11.1 Å². The number of piperazine rings is 1. The lowest BCUT2D eigenvalue weighted by atomic mass is 9.68. The molecule has 3 aliphatic heterocycles. The molecule has 0 aromatic heterocycles. The molecule has 4 unspecified atom stereocenters. The number of piperidine rings is 1. The second kappa shape index (κ2) is 18.9. The molecule has 3 heterocycles. The average Bonchev–Trinajstić information content (AvgIpc) is 3.45. The lowest BCUT2D eigenvalue weighted by Gasteiger charge is -2.42. The Balaban J connectivity index is 0.785. The van der Waals surface area contributed by atoms with Gasteiger partial charge in [0.15, 0.2) is 5.78 Å². The number of nitrogens with one attached hydrogen (secondary N) is 1. The minimum Gasteiger partial charge on any atom is -0.393 e. The molecule has 0 bridgehead atoms. The molecule has 3 amide bonds. The van der Waals surface area contributed by atoms with Gasteiger partial charge in [-0.1, -0.05) is 37.3 Å². The summed E-state index contributed by atoms with van der Waals surface area (Å²) in [6.07, 6.45) is 23.5. The van der Waals surface area contributed by atoms with E-state index in [0.29, 0.717) is 24.9 Å². The summed E-state index contributed by atoms with van der Waals surface area (Å²) >= 11 is 0. The number of carbonyl (C=O) groups is 4. The van der Waals surface area contributed by atoms with E-state index in [1.807, 2.05) is 11.1 Å². The summed E-state index contributed by atoms with van der Waals surface area (Å²) in [7, 11) is 0. The van der Waals surface area contributed by atoms with Crippen LogP contribution < -0.4 is 5.32 Å². The first-order chi connectivity index (χ1) is 26.3. The Morgan fingerprint density at radius 3 is 2.13 bits per heavy atom. The van der Waals surface area contributed by atoms with Crippen molar-refractivity contribution in [3.8, 4) is 0 Å². The Morgan fingerprint density at radius 2 is 1.43 bits per heavy atom. The highest BCUT2D eigenvalue weighted by atomic mass is 16.5. The second-order valence-electron chi connectivity index (χ2n) is 18.2. The minimum atomic E-state index is -0.977. The summed E-state index contributed by atoms with van der Waals surface area (Å²) in [5, 5.41) is 12.8. The van der Waals surface area contributed by atoms with Crippen LogP contribution in [0.25, 0.3) is 0 Å². The highest BCUT2D eigenvalue weighted by Crippen LogP contribution is 2.46. The van der Waals surface area contributed by atoms with E-state index in [1.54, 1.807) is 0 Å². The number of carbonyl (C=O) groups excluding carboxylic acids is 4. The van der Waals surface area contributed by atoms with Gasteiger partial charge in [0.1, 0.15) is 6.04 Å². The monoisotopic (exact) mass is 751 g/mol. The molecule has 7 aliphatic rings. The van der Waals surface area contributed by atoms with E-state index in [2.05, 4.69) is 22.0 Å². The van der Waals surface area contributed by atoms with Gasteiger partial charge in [-0.15, -0.1) is 0 Å². The summed E-state index contributed by atoms with van der Waals surface area (Å²) in [5.74, 6) is 0.472. The molecular weight excluding hydrogens is 681 g/mol. The van der Waals surface area contributed by atoms with Gasteiger partial charge in [-0.05, 0) is 133 Å². The van der Waals surface area contributed by atoms with Gasteiger partial charge in [0.25, 0.3) is 0 Å². The van der Waals surface area contributed by atoms with E-state index in [4.69, 9.17) is 4.74 Å². The summed E-state index contributed by atoms with van der Waals surface area (Å²) in [5.41, 5.74) is 3.67. The third-order valence-corrected chi connectivity index (χ3v) is 14.9. The maximum absolute atomic E-state index is 13.4. The molecular formula is C44H70N4O6. The van der Waals surface area contributed by atoms with Gasteiger partial charge in [0, 0.05) is 45.2 Å². The van der Waals surface area contributed by atoms with Gasteiger partial charge in [-0.25, -0.2) is 0 Å². The smallest absolute Gasteiger partial charge is 0.244 e. The molecule has 302 valence electrons. The molecule has 0 aromatic carbocycles. The first-order valence-corrected chi connectivity index (χ1v) is 22.5. The first-order valence-electron chi connectivity index (χ1n) is 22.5. The fraction of sp³-hybridized carbons (Fsp3) is 0.864. The number of allylic oxidation sites excluding steroid dienone is 2. The summed E-state index contributed by atoms with van der Waals surface area (Å²) in [4.78, 5) is 57.3. The quantitative estimate of drug-likeness (QED) is 0.138. The Kier molecular flexibility index (Phi) is 14.0. The number of hydrogen-bond donors (Lipinski definition) is 2. The summed E-state index contributed by atoms with van der Waals surface area (Å²) < 4.78 is 6.49. The number of ether oxygens (including phenoxy) is 1. The number of ketones is 1. The van der Waals surface area contributed by atoms with Gasteiger partial charge < -0.3 is 20.1 Å². The lowest BCUT2D eigenvalue weighted by Crippen LogP contribution is -2.55. The summed E-state index contributed by atoms with van der Waals surface area (Å²) in [6.45, 7) is 8.42. The molecule has 0 aromatic rings. The molecule has 7 fully saturated rings. The fourth-order valence-electron chi connectivity index (χ4n) is 11.9. The van der Waals surface area contributed by atoms with E-state index in [1.165, 1.54) is 89.9 Å². The molecule has 4 atom stereocenters. The fourth-order valence-corrected chi connectivity index (χ4v) is 11.9. The number of likely N-dealkylation sites (tertiary alicyclic amines) is 1. The van der Waals surface area contributed by atoms with Crippen molar-refractivity contribution in [3.05, 3.63) is 11.1 Å². The third-order valence-electron chi connectivity index (χ3n) is 14.9. The summed E-state index contributed by atoms with van der Waals surface area (Å²) in [6, 6.07) is -0.691. The van der Waals surface area contributed by atoms with E-state index >= 15 is 0 Å². The van der Waals surface area contributed by atoms with Crippen molar-refractivity contribution in [1.82, 2.24) is 20.0 Å². The Morgan fingerprint density at radius 1 is 0.741 bits per heavy atom. The van der Waals surface area contributed by atoms with Crippen LogP contribution in [0, 0.1) is 29.6 Å². The van der Waals surface area contributed by atoms with Gasteiger partial charge in [-0.3, -0.25) is 29.0 Å². The van der Waals surface area contributed by atoms with Gasteiger partial charge in [-0.2, -0.15) is 0 Å². The van der Waals surface area contributed by atoms with Crippen molar-refractivity contribution < 1.29 is 29.0 Å². The van der Waals surface area contributed by atoms with E-state index in [9.17, 15) is 24.3 Å². The van der Waals surface area contributed by atoms with Crippen LogP contribution in [-0.4, -0.2) is 113 Å². The van der Waals surface area contributed by atoms with Gasteiger partial charge >= 0.3 is 0 Å². The molecule has 54 heavy (non-hydrogen) atoms. The van der Waals surface area contributed by atoms with Crippen LogP contribution >= 0.6 is 0 Å². The van der Waals surface area contributed by atoms with E-state index in [-0.39, 0.29) is 60.5 Å². The van der Waals surface area contributed by atoms with Crippen LogP contribution in [0.5, 0.6) is 0 Å². The zero-order valence-electron chi connectivity index (χ0n) is 33.3. The van der Waals surface area contributed by atoms with Crippen LogP contribution in [0.4, 0.5) is 0 Å². The predicted octanol–water partition coefficient (Wildman–Crippen LogP) is 5.80. The number of rotatable bonds is 13. The van der Waals surface area contributed by atoms with Crippen molar-refractivity contribution in [2.75, 3.05) is 45.9 Å². The normalized spacial score (nSPS) is 35.6. The molecule has 7 rings (SSSR count). The van der Waals surface area contributed by atoms with Crippen LogP contribution in [0.2, 0.25) is 0 Å². The van der Waals surface area contributed by atoms with Crippen LogP contribution in [-0.2, 0) is 23.9 Å². The first kappa shape index (κ1) is 40.1. The zero-order chi connectivity index (χ0) is 37.6. The van der Waals surface area contributed by atoms with Crippen molar-refractivity contribution in [2.24, 2.45) is 29.6 Å². The SMILES string of the molecule is CC/C(=C(\C1CCC(O)CC1)C1CCC(OCCCCCN2CCN(C3CCC4C(=O)N(C5CC(=O)CNC5=O)C(=O)C4C3)CC2)CC1)C1CCCCC1. The number of amides is 3. The van der Waals surface area contributed by atoms with E-state index < -0.39 is 6.04 Å². The maximum Gasteiger partial charge on any atom is 0.244 e. The highest BCUT2D eigenvalue weighted by Gasteiger charge is 2.54. The van der Waals surface area contributed by atoms with Crippen molar-refractivity contribution >= 4 is 23.5 Å². The molecule has 2 N–H and O–H groups in total. The zero-order valence-corrected chi connectivity index (χ0v) is 33.3. The molecule has 0 spiro atoms. The lowest BCUT2D eigenvalue weighted by molar-refractivity contribution is -0.150. The number of hydrogen-bond acceptors (Lipinski definition) is 8. The average molecular weight is 751 g/mol. The van der Waals surface area contributed by atoms with E-state index in [0.717, 1.165) is 81.7 Å². The van der Waals surface area contributed by atoms with Crippen molar-refractivity contribution in [1.29, 1.82) is 0 Å². The largest absolute Gasteiger partial charge is 0.393 e. The number of aliphatic hydroxyl groups is 1. The van der Waals surface area contributed by atoms with Crippen molar-refractivity contribution in [3.63, 3.8) is 0 Å². The molecule has 4 aliphatic carbocycles. The molecule has 3 saturated heterocycles. The number of nitrogens with zero attached hydrogens (tertiary/aromatic N) is 3. The second-order valence-corrected chi connectivity index (χ2v) is 18.2. The molecule has 10 nitrogen and oxygen atoms in total. The number of fused-ring (bicyclic) bond motifs is 1. The Labute approximate surface area is 324 Å². The maximum atomic E-state index is 13.4. The topological polar surface area (TPSA) is 119 Å². The Hall–Kier alpha value is -2.14. The third kappa shape index (κ3) is 9.34. The van der Waals surface area contributed by atoms with Crippen molar-refractivity contribution in [2.45, 2.75) is 166 Å². The van der Waals surface area contributed by atoms with Crippen LogP contribution in [0.1, 0.15) is 142 Å². The number of Topliss-reactive ketones (excluding diaryl/α,β-unsaturated/α-hetero) is 1. The standard InChI is InChI=1S/C44H70N4O6/c1-2-37(30-9-5-3-6-10-30)41(31-11-16-34(49)17-12-31)32-13-18-36(19-14-32)54-26-8-4-7-21-46-22-24-47(25-23-46)33-15-20-38-39(27-33)44(53)48(43(38)52)40-28-35(50)29-45-42(40)51/h30-34,36,38-40,49H,2-29H2,1H3,(H,45,51)/b41-37-. The molecule has 0 radical (unpaired) electrons. The number of imide groups is 1. The molecule has 10 heteroatoms. The molecule has 4 saturated carbocycles. The highest BCUT2D eigenvalue weighted by molar-refractivity contribution is 6.10. The van der Waals surface area contributed by atoms with Gasteiger partial charge in [0.05, 0.1) is 30.6 Å². The van der Waals surface area contributed by atoms with Crippen LogP contribution in [0.3, 0.4) is 0 Å². The Bertz CT molecular complexity index is 1340. The predicted molar refractivity (Wildman–Crippen MR) is 208 cm³/mol.